The van der Waals surface area contributed by atoms with Crippen LogP contribution >= 0.6 is 0 Å². The Kier molecular flexibility index (Phi) is 5.33. The minimum Gasteiger partial charge on any atom is -0.373 e. The summed E-state index contributed by atoms with van der Waals surface area (Å²) in [7, 11) is 3.53. The molecule has 2 N–H and O–H groups in total. The van der Waals surface area contributed by atoms with E-state index in [0.29, 0.717) is 35.3 Å². The largest absolute Gasteiger partial charge is 0.373 e. The summed E-state index contributed by atoms with van der Waals surface area (Å²) in [5.74, 6) is 0.174. The molecular formula is C23H24N8O3. The van der Waals surface area contributed by atoms with Gasteiger partial charge in [-0.3, -0.25) is 9.48 Å². The van der Waals surface area contributed by atoms with E-state index in [0.717, 1.165) is 5.69 Å². The molecular weight excluding hydrogens is 436 g/mol. The first-order chi connectivity index (χ1) is 16.3. The SMILES string of the molecule is CC(Nc1nccc(-c2cccc(-c3cc([C@]4(O)CCN(C)C4=O)on3)n2)n1)c1ccnn1C. The first-order valence-corrected chi connectivity index (χ1v) is 10.9. The van der Waals surface area contributed by atoms with Crippen LogP contribution < -0.4 is 5.32 Å². The zero-order valence-corrected chi connectivity index (χ0v) is 19.0. The van der Waals surface area contributed by atoms with Gasteiger partial charge in [0, 0.05) is 45.5 Å². The number of likely N-dealkylation sites (tertiary alicyclic amines) is 1. The number of nitrogens with zero attached hydrogens (tertiary/aromatic N) is 7. The van der Waals surface area contributed by atoms with E-state index in [1.54, 1.807) is 42.3 Å². The molecule has 4 aromatic rings. The van der Waals surface area contributed by atoms with Gasteiger partial charge in [0.1, 0.15) is 5.69 Å². The molecule has 2 atom stereocenters. The molecule has 5 heterocycles. The van der Waals surface area contributed by atoms with E-state index in [4.69, 9.17) is 4.52 Å². The number of pyridine rings is 1. The van der Waals surface area contributed by atoms with Crippen LogP contribution in [0.2, 0.25) is 0 Å². The lowest BCUT2D eigenvalue weighted by Gasteiger charge is -2.16. The fraction of sp³-hybridized carbons (Fsp3) is 0.304. The minimum absolute atomic E-state index is 0.0428. The number of amides is 1. The Bertz CT molecular complexity index is 1350. The summed E-state index contributed by atoms with van der Waals surface area (Å²) in [5.41, 5.74) is 1.51. The van der Waals surface area contributed by atoms with Crippen LogP contribution in [0.15, 0.2) is 53.3 Å². The predicted octanol–water partition coefficient (Wildman–Crippen LogP) is 2.15. The number of hydrogen-bond acceptors (Lipinski definition) is 9. The maximum absolute atomic E-state index is 12.4. The number of aryl methyl sites for hydroxylation is 1. The van der Waals surface area contributed by atoms with Crippen molar-refractivity contribution >= 4 is 11.9 Å². The molecule has 1 aliphatic heterocycles. The van der Waals surface area contributed by atoms with Crippen molar-refractivity contribution in [3.05, 3.63) is 60.2 Å². The molecule has 1 fully saturated rings. The molecule has 5 rings (SSSR count). The fourth-order valence-corrected chi connectivity index (χ4v) is 4.04. The van der Waals surface area contributed by atoms with Gasteiger partial charge in [0.25, 0.3) is 5.91 Å². The van der Waals surface area contributed by atoms with Gasteiger partial charge in [-0.2, -0.15) is 5.10 Å². The van der Waals surface area contributed by atoms with E-state index in [1.165, 1.54) is 4.90 Å². The number of carbonyl (C=O) groups excluding carboxylic acids is 1. The number of carbonyl (C=O) groups is 1. The summed E-state index contributed by atoms with van der Waals surface area (Å²) in [4.78, 5) is 27.4. The topological polar surface area (TPSA) is 135 Å². The lowest BCUT2D eigenvalue weighted by molar-refractivity contribution is -0.144. The second-order valence-corrected chi connectivity index (χ2v) is 8.33. The molecule has 174 valence electrons. The fourth-order valence-electron chi connectivity index (χ4n) is 4.04. The van der Waals surface area contributed by atoms with E-state index in [1.807, 2.05) is 32.2 Å². The molecule has 11 nitrogen and oxygen atoms in total. The molecule has 0 radical (unpaired) electrons. The normalized spacial score (nSPS) is 18.9. The van der Waals surface area contributed by atoms with Gasteiger partial charge in [0.15, 0.2) is 5.76 Å². The van der Waals surface area contributed by atoms with Crippen molar-refractivity contribution in [3.8, 4) is 22.8 Å². The van der Waals surface area contributed by atoms with Crippen molar-refractivity contribution in [2.75, 3.05) is 18.9 Å². The van der Waals surface area contributed by atoms with E-state index in [9.17, 15) is 9.90 Å². The smallest absolute Gasteiger partial charge is 0.262 e. The van der Waals surface area contributed by atoms with E-state index < -0.39 is 11.5 Å². The maximum Gasteiger partial charge on any atom is 0.262 e. The van der Waals surface area contributed by atoms with Gasteiger partial charge in [0.05, 0.1) is 28.8 Å². The first kappa shape index (κ1) is 21.7. The van der Waals surface area contributed by atoms with Crippen LogP contribution in [0.1, 0.15) is 30.8 Å². The van der Waals surface area contributed by atoms with Crippen LogP contribution in [0.5, 0.6) is 0 Å². The third-order valence-electron chi connectivity index (χ3n) is 6.00. The second kappa shape index (κ2) is 8.34. The van der Waals surface area contributed by atoms with Gasteiger partial charge < -0.3 is 19.8 Å². The summed E-state index contributed by atoms with van der Waals surface area (Å²) in [6, 6.07) is 10.7. The zero-order chi connectivity index (χ0) is 23.9. The average Bonchev–Trinajstić information content (AvgIpc) is 3.57. The third-order valence-corrected chi connectivity index (χ3v) is 6.00. The molecule has 1 saturated heterocycles. The minimum atomic E-state index is -1.70. The van der Waals surface area contributed by atoms with Crippen molar-refractivity contribution in [3.63, 3.8) is 0 Å². The molecule has 0 saturated carbocycles. The Hall–Kier alpha value is -4.12. The summed E-state index contributed by atoms with van der Waals surface area (Å²) in [6.45, 7) is 2.46. The van der Waals surface area contributed by atoms with Crippen LogP contribution in [0, 0.1) is 0 Å². The van der Waals surface area contributed by atoms with E-state index in [-0.39, 0.29) is 18.2 Å². The van der Waals surface area contributed by atoms with Gasteiger partial charge in [-0.15, -0.1) is 0 Å². The zero-order valence-electron chi connectivity index (χ0n) is 19.0. The van der Waals surface area contributed by atoms with Gasteiger partial charge in [-0.05, 0) is 31.2 Å². The van der Waals surface area contributed by atoms with Crippen LogP contribution in [-0.4, -0.2) is 59.4 Å². The number of rotatable bonds is 6. The third kappa shape index (κ3) is 3.79. The Morgan fingerprint density at radius 1 is 1.09 bits per heavy atom. The van der Waals surface area contributed by atoms with Crippen LogP contribution in [0.4, 0.5) is 5.95 Å². The molecule has 0 aliphatic carbocycles. The molecule has 1 unspecified atom stereocenters. The predicted molar refractivity (Wildman–Crippen MR) is 122 cm³/mol. The summed E-state index contributed by atoms with van der Waals surface area (Å²) >= 11 is 0. The average molecular weight is 460 g/mol. The van der Waals surface area contributed by atoms with Gasteiger partial charge in [-0.1, -0.05) is 11.2 Å². The lowest BCUT2D eigenvalue weighted by Crippen LogP contribution is -2.35. The second-order valence-electron chi connectivity index (χ2n) is 8.33. The van der Waals surface area contributed by atoms with Crippen molar-refractivity contribution in [2.45, 2.75) is 25.0 Å². The standard InChI is InChI=1S/C23H24N8O3/c1-14(19-8-11-25-31(19)3)26-22-24-10-7-17(28-22)15-5-4-6-16(27-15)18-13-20(34-29-18)23(33)9-12-30(2)21(23)32/h4-8,10-11,13-14,33H,9,12H2,1-3H3,(H,24,26,28)/t14?,23-/m1/s1. The highest BCUT2D eigenvalue weighted by atomic mass is 16.5. The highest BCUT2D eigenvalue weighted by Gasteiger charge is 2.48. The van der Waals surface area contributed by atoms with Gasteiger partial charge in [-0.25, -0.2) is 15.0 Å². The first-order valence-electron chi connectivity index (χ1n) is 10.9. The lowest BCUT2D eigenvalue weighted by atomic mass is 9.98. The monoisotopic (exact) mass is 460 g/mol. The number of likely N-dealkylation sites (N-methyl/N-ethyl adjacent to an activating group) is 1. The summed E-state index contributed by atoms with van der Waals surface area (Å²) < 4.78 is 7.15. The van der Waals surface area contributed by atoms with Crippen molar-refractivity contribution in [2.24, 2.45) is 7.05 Å². The Morgan fingerprint density at radius 2 is 1.85 bits per heavy atom. The van der Waals surface area contributed by atoms with Gasteiger partial charge in [0.2, 0.25) is 11.5 Å². The number of aliphatic hydroxyl groups is 1. The Balaban J connectivity index is 1.39. The number of hydrogen-bond donors (Lipinski definition) is 2. The maximum atomic E-state index is 12.4. The molecule has 1 amide bonds. The number of nitrogens with one attached hydrogen (secondary N) is 1. The quantitative estimate of drug-likeness (QED) is 0.444. The molecule has 0 aromatic carbocycles. The van der Waals surface area contributed by atoms with Crippen molar-refractivity contribution < 1.29 is 14.4 Å². The molecule has 0 spiro atoms. The van der Waals surface area contributed by atoms with E-state index >= 15 is 0 Å². The van der Waals surface area contributed by atoms with Gasteiger partial charge >= 0.3 is 0 Å². The number of anilines is 1. The Morgan fingerprint density at radius 3 is 2.56 bits per heavy atom. The molecule has 1 aliphatic rings. The summed E-state index contributed by atoms with van der Waals surface area (Å²) in [6.07, 6.45) is 3.66. The highest BCUT2D eigenvalue weighted by Crippen LogP contribution is 2.34. The molecule has 34 heavy (non-hydrogen) atoms. The van der Waals surface area contributed by atoms with Crippen LogP contribution in [0.25, 0.3) is 22.8 Å². The Labute approximate surface area is 195 Å². The van der Waals surface area contributed by atoms with Crippen LogP contribution in [-0.2, 0) is 17.4 Å². The van der Waals surface area contributed by atoms with Crippen molar-refractivity contribution in [1.82, 2.24) is 34.8 Å². The molecule has 4 aromatic heterocycles. The van der Waals surface area contributed by atoms with E-state index in [2.05, 4.69) is 30.5 Å². The molecule has 0 bridgehead atoms. The van der Waals surface area contributed by atoms with Crippen LogP contribution in [0.3, 0.4) is 0 Å². The van der Waals surface area contributed by atoms with Crippen molar-refractivity contribution in [1.29, 1.82) is 0 Å². The number of aromatic nitrogens is 6. The highest BCUT2D eigenvalue weighted by molar-refractivity contribution is 5.87. The summed E-state index contributed by atoms with van der Waals surface area (Å²) in [5, 5.41) is 22.3. The molecule has 11 heteroatoms.